The quantitative estimate of drug-likeness (QED) is 0.513. The zero-order chi connectivity index (χ0) is 19.2. The summed E-state index contributed by atoms with van der Waals surface area (Å²) in [6, 6.07) is 0. The first-order chi connectivity index (χ1) is 12.2. The summed E-state index contributed by atoms with van der Waals surface area (Å²) in [5, 5.41) is 32.9. The topological polar surface area (TPSA) is 153 Å². The normalized spacial score (nSPS) is 28.4. The van der Waals surface area contributed by atoms with Gasteiger partial charge in [0.15, 0.2) is 23.4 Å². The van der Waals surface area contributed by atoms with Gasteiger partial charge in [-0.15, -0.1) is 0 Å². The van der Waals surface area contributed by atoms with E-state index in [1.807, 2.05) is 0 Å². The molecule has 1 amide bonds. The lowest BCUT2D eigenvalue weighted by atomic mass is 9.98. The number of nitro groups is 1. The van der Waals surface area contributed by atoms with Crippen molar-refractivity contribution in [2.24, 2.45) is 0 Å². The summed E-state index contributed by atoms with van der Waals surface area (Å²) < 4.78 is 21.5. The lowest BCUT2D eigenvalue weighted by Gasteiger charge is -2.24. The molecule has 1 aliphatic heterocycles. The van der Waals surface area contributed by atoms with E-state index < -0.39 is 47.2 Å². The molecule has 2 unspecified atom stereocenters. The number of amides is 1. The fourth-order valence-corrected chi connectivity index (χ4v) is 3.01. The van der Waals surface area contributed by atoms with E-state index in [0.717, 1.165) is 24.0 Å². The Balaban J connectivity index is 2.22. The number of anilines is 1. The Morgan fingerprint density at radius 1 is 1.58 bits per heavy atom. The third-order valence-electron chi connectivity index (χ3n) is 4.23. The molecule has 0 radical (unpaired) electrons. The molecule has 1 aliphatic rings. The second-order valence-electron chi connectivity index (χ2n) is 6.09. The van der Waals surface area contributed by atoms with Crippen LogP contribution in [0.25, 0.3) is 11.0 Å². The number of ether oxygens (including phenoxy) is 1. The predicted molar refractivity (Wildman–Crippen MR) is 85.0 cm³/mol. The number of aliphatic hydroxyl groups excluding tert-OH is 2. The zero-order valence-corrected chi connectivity index (χ0v) is 13.8. The standard InChI is InChI=1S/C14H16FN5O6/c1-6(22)18-11-9-7(20(24)25)3-19(12(9)17-5-16-11)13-14(2,15)10(23)8(4-21)26-13/h3,5,8,10,13,21,23H,4H2,1-2H3,(H,16,17,18,22)/t8?,10?,13-,14-/m1/s1. The first-order valence-corrected chi connectivity index (χ1v) is 7.59. The van der Waals surface area contributed by atoms with Gasteiger partial charge in [0.05, 0.1) is 17.7 Å². The van der Waals surface area contributed by atoms with E-state index in [9.17, 15) is 25.1 Å². The number of hydrogen-bond acceptors (Lipinski definition) is 8. The van der Waals surface area contributed by atoms with E-state index in [4.69, 9.17) is 4.74 Å². The van der Waals surface area contributed by atoms with Gasteiger partial charge in [-0.25, -0.2) is 14.4 Å². The molecule has 1 fully saturated rings. The Kier molecular flexibility index (Phi) is 4.34. The monoisotopic (exact) mass is 369 g/mol. The number of rotatable bonds is 4. The maximum Gasteiger partial charge on any atom is 0.300 e. The van der Waals surface area contributed by atoms with Gasteiger partial charge in [-0.2, -0.15) is 0 Å². The van der Waals surface area contributed by atoms with Crippen LogP contribution < -0.4 is 5.32 Å². The Hall–Kier alpha value is -2.70. The Morgan fingerprint density at radius 2 is 2.27 bits per heavy atom. The largest absolute Gasteiger partial charge is 0.394 e. The molecule has 3 N–H and O–H groups in total. The van der Waals surface area contributed by atoms with E-state index in [0.29, 0.717) is 0 Å². The number of carbonyl (C=O) groups is 1. The molecule has 26 heavy (non-hydrogen) atoms. The molecule has 0 saturated carbocycles. The maximum atomic E-state index is 15.1. The number of alkyl halides is 1. The molecule has 140 valence electrons. The SMILES string of the molecule is CC(=O)Nc1ncnc2c1c([N+](=O)[O-])cn2[C@@H]1OC(CO)C(O)[C@@]1(C)F. The second-order valence-corrected chi connectivity index (χ2v) is 6.09. The fourth-order valence-electron chi connectivity index (χ4n) is 3.01. The highest BCUT2D eigenvalue weighted by Gasteiger charge is 2.55. The maximum absolute atomic E-state index is 15.1. The molecule has 3 rings (SSSR count). The molecular weight excluding hydrogens is 353 g/mol. The highest BCUT2D eigenvalue weighted by molar-refractivity contribution is 6.02. The summed E-state index contributed by atoms with van der Waals surface area (Å²) in [4.78, 5) is 29.8. The summed E-state index contributed by atoms with van der Waals surface area (Å²) >= 11 is 0. The van der Waals surface area contributed by atoms with Gasteiger partial charge in [0.25, 0.3) is 5.69 Å². The lowest BCUT2D eigenvalue weighted by molar-refractivity contribution is -0.383. The minimum Gasteiger partial charge on any atom is -0.394 e. The highest BCUT2D eigenvalue weighted by Crippen LogP contribution is 2.44. The highest BCUT2D eigenvalue weighted by atomic mass is 19.1. The van der Waals surface area contributed by atoms with Gasteiger partial charge >= 0.3 is 0 Å². The van der Waals surface area contributed by atoms with Crippen molar-refractivity contribution in [3.63, 3.8) is 0 Å². The van der Waals surface area contributed by atoms with Crippen LogP contribution in [0.1, 0.15) is 20.1 Å². The van der Waals surface area contributed by atoms with Gasteiger partial charge in [0.1, 0.15) is 23.9 Å². The number of carbonyl (C=O) groups excluding carboxylic acids is 1. The van der Waals surface area contributed by atoms with Crippen LogP contribution in [0.15, 0.2) is 12.5 Å². The Labute approximate surface area is 145 Å². The number of aliphatic hydroxyl groups is 2. The molecule has 2 aromatic heterocycles. The average molecular weight is 369 g/mol. The van der Waals surface area contributed by atoms with Crippen molar-refractivity contribution in [3.05, 3.63) is 22.6 Å². The van der Waals surface area contributed by atoms with Gasteiger partial charge < -0.3 is 20.3 Å². The van der Waals surface area contributed by atoms with Crippen LogP contribution in [0.4, 0.5) is 15.9 Å². The van der Waals surface area contributed by atoms with Crippen LogP contribution in [0.5, 0.6) is 0 Å². The number of aromatic nitrogens is 3. The summed E-state index contributed by atoms with van der Waals surface area (Å²) in [6.45, 7) is 1.63. The number of fused-ring (bicyclic) bond motifs is 1. The van der Waals surface area contributed by atoms with Gasteiger partial charge in [0, 0.05) is 6.92 Å². The van der Waals surface area contributed by atoms with Crippen LogP contribution in [0.3, 0.4) is 0 Å². The smallest absolute Gasteiger partial charge is 0.300 e. The number of nitrogens with one attached hydrogen (secondary N) is 1. The van der Waals surface area contributed by atoms with Gasteiger partial charge in [0.2, 0.25) is 5.91 Å². The van der Waals surface area contributed by atoms with Crippen LogP contribution in [-0.4, -0.2) is 60.1 Å². The van der Waals surface area contributed by atoms with Crippen LogP contribution in [0, 0.1) is 10.1 Å². The molecule has 12 heteroatoms. The summed E-state index contributed by atoms with van der Waals surface area (Å²) in [7, 11) is 0. The third-order valence-corrected chi connectivity index (χ3v) is 4.23. The van der Waals surface area contributed by atoms with Crippen molar-refractivity contribution in [1.29, 1.82) is 0 Å². The van der Waals surface area contributed by atoms with E-state index in [-0.39, 0.29) is 16.9 Å². The van der Waals surface area contributed by atoms with E-state index >= 15 is 4.39 Å². The predicted octanol–water partition coefficient (Wildman–Crippen LogP) is 0.277. The number of nitrogens with zero attached hydrogens (tertiary/aromatic N) is 4. The minimum atomic E-state index is -2.35. The lowest BCUT2D eigenvalue weighted by Crippen LogP contribution is -2.40. The van der Waals surface area contributed by atoms with Crippen molar-refractivity contribution in [1.82, 2.24) is 14.5 Å². The Morgan fingerprint density at radius 3 is 2.81 bits per heavy atom. The summed E-state index contributed by atoms with van der Waals surface area (Å²) in [5.74, 6) is -0.610. The first kappa shape index (κ1) is 18.1. The molecule has 0 bridgehead atoms. The van der Waals surface area contributed by atoms with E-state index in [1.54, 1.807) is 0 Å². The molecule has 2 aromatic rings. The van der Waals surface area contributed by atoms with Crippen molar-refractivity contribution in [2.75, 3.05) is 11.9 Å². The third kappa shape index (κ3) is 2.67. The molecule has 0 spiro atoms. The molecular formula is C14H16FN5O6. The number of halogens is 1. The van der Waals surface area contributed by atoms with Gasteiger partial charge in [-0.05, 0) is 6.92 Å². The molecule has 11 nitrogen and oxygen atoms in total. The first-order valence-electron chi connectivity index (χ1n) is 7.59. The molecule has 0 aromatic carbocycles. The van der Waals surface area contributed by atoms with Crippen molar-refractivity contribution >= 4 is 28.4 Å². The number of hydrogen-bond donors (Lipinski definition) is 3. The summed E-state index contributed by atoms with van der Waals surface area (Å²) in [6.07, 6.45) is -2.28. The second kappa shape index (κ2) is 6.23. The Bertz CT molecular complexity index is 884. The molecule has 4 atom stereocenters. The average Bonchev–Trinajstić information content (AvgIpc) is 3.04. The van der Waals surface area contributed by atoms with Crippen LogP contribution >= 0.6 is 0 Å². The zero-order valence-electron chi connectivity index (χ0n) is 13.8. The molecule has 1 saturated heterocycles. The summed E-state index contributed by atoms with van der Waals surface area (Å²) in [5.41, 5.74) is -2.88. The molecule has 0 aliphatic carbocycles. The van der Waals surface area contributed by atoms with Gasteiger partial charge in [-0.3, -0.25) is 19.5 Å². The van der Waals surface area contributed by atoms with E-state index in [1.165, 1.54) is 6.92 Å². The van der Waals surface area contributed by atoms with Crippen LogP contribution in [0.2, 0.25) is 0 Å². The van der Waals surface area contributed by atoms with Crippen molar-refractivity contribution in [3.8, 4) is 0 Å². The molecule has 3 heterocycles. The van der Waals surface area contributed by atoms with Crippen LogP contribution in [-0.2, 0) is 9.53 Å². The van der Waals surface area contributed by atoms with E-state index in [2.05, 4.69) is 15.3 Å². The van der Waals surface area contributed by atoms with Crippen molar-refractivity contribution < 1.29 is 29.1 Å². The fraction of sp³-hybridized carbons (Fsp3) is 0.500. The van der Waals surface area contributed by atoms with Gasteiger partial charge in [-0.1, -0.05) is 0 Å². The minimum absolute atomic E-state index is 0.0601. The van der Waals surface area contributed by atoms with Crippen molar-refractivity contribution in [2.45, 2.75) is 38.0 Å².